The lowest BCUT2D eigenvalue weighted by Gasteiger charge is -2.26. The Labute approximate surface area is 258 Å². The number of hydrogen-bond acceptors (Lipinski definition) is 9. The van der Waals surface area contributed by atoms with Crippen molar-refractivity contribution in [2.75, 3.05) is 104 Å². The second-order valence-corrected chi connectivity index (χ2v) is 11.0. The quantitative estimate of drug-likeness (QED) is 0.197. The van der Waals surface area contributed by atoms with Gasteiger partial charge in [0.05, 0.1) is 58.5 Å². The van der Waals surface area contributed by atoms with Gasteiger partial charge >= 0.3 is 5.97 Å². The van der Waals surface area contributed by atoms with Crippen molar-refractivity contribution in [1.82, 2.24) is 4.58 Å². The highest BCUT2D eigenvalue weighted by atomic mass is 16.6. The van der Waals surface area contributed by atoms with Crippen molar-refractivity contribution < 1.29 is 32.9 Å². The van der Waals surface area contributed by atoms with Gasteiger partial charge in [-0.2, -0.15) is 0 Å². The smallest absolute Gasteiger partial charge is 0.325 e. The van der Waals surface area contributed by atoms with Crippen LogP contribution in [0.2, 0.25) is 0 Å². The first-order chi connectivity index (χ1) is 21.4. The van der Waals surface area contributed by atoms with Crippen LogP contribution in [0.5, 0.6) is 5.75 Å². The molecule has 10 nitrogen and oxygen atoms in total. The lowest BCUT2D eigenvalue weighted by molar-refractivity contribution is -0.139. The maximum Gasteiger partial charge on any atom is 0.325 e. The van der Waals surface area contributed by atoms with Gasteiger partial charge in [0.15, 0.2) is 0 Å². The van der Waals surface area contributed by atoms with Crippen LogP contribution in [0.3, 0.4) is 0 Å². The number of methoxy groups -OCH3 is 1. The third-order valence-corrected chi connectivity index (χ3v) is 7.59. The van der Waals surface area contributed by atoms with Crippen LogP contribution >= 0.6 is 0 Å². The van der Waals surface area contributed by atoms with Crippen molar-refractivity contribution in [2.24, 2.45) is 0 Å². The number of ether oxygens (including phenoxy) is 5. The average Bonchev–Trinajstić information content (AvgIpc) is 3.03. The van der Waals surface area contributed by atoms with Crippen LogP contribution in [0.4, 0.5) is 11.4 Å². The molecule has 0 radical (unpaired) electrons. The highest BCUT2D eigenvalue weighted by Gasteiger charge is 2.22. The molecule has 234 valence electrons. The molecule has 5 rings (SSSR count). The summed E-state index contributed by atoms with van der Waals surface area (Å²) in [5, 5.41) is 2.03. The van der Waals surface area contributed by atoms with Crippen molar-refractivity contribution in [2.45, 2.75) is 0 Å². The Balaban J connectivity index is 1.66. The van der Waals surface area contributed by atoms with Gasteiger partial charge in [0.2, 0.25) is 5.36 Å². The standard InChI is InChI=1S/C34H42N3O7/c1-35(2)25-7-9-27-30(21-25)44-31-22-26(36(3)4)8-10-28(31)34(27)24-6-11-29-32(20-24)43-19-18-42-17-16-41-15-14-40-13-12-37(29)23-33(38)39-5/h6-11,20-22H,12-19,23H2,1-5H3/q+1. The van der Waals surface area contributed by atoms with Crippen LogP contribution in [-0.2, 0) is 23.7 Å². The van der Waals surface area contributed by atoms with Gasteiger partial charge in [0.1, 0.15) is 44.3 Å². The zero-order chi connectivity index (χ0) is 31.1. The van der Waals surface area contributed by atoms with Gasteiger partial charge in [-0.1, -0.05) is 6.07 Å². The van der Waals surface area contributed by atoms with Crippen LogP contribution in [0.25, 0.3) is 33.4 Å². The molecule has 1 aliphatic carbocycles. The average molecular weight is 605 g/mol. The van der Waals surface area contributed by atoms with Gasteiger partial charge in [0, 0.05) is 55.0 Å². The summed E-state index contributed by atoms with van der Waals surface area (Å²) in [6, 6.07) is 18.6. The third-order valence-electron chi connectivity index (χ3n) is 7.59. The van der Waals surface area contributed by atoms with Crippen LogP contribution in [0, 0.1) is 0 Å². The van der Waals surface area contributed by atoms with E-state index in [1.54, 1.807) is 0 Å². The molecule has 0 unspecified atom stereocenters. The fraction of sp³-hybridized carbons (Fsp3) is 0.412. The summed E-state index contributed by atoms with van der Waals surface area (Å²) in [5.41, 5.74) is 5.59. The highest BCUT2D eigenvalue weighted by molar-refractivity contribution is 6.03. The maximum atomic E-state index is 12.4. The third kappa shape index (κ3) is 7.32. The number of carbonyl (C=O) groups is 1. The monoisotopic (exact) mass is 604 g/mol. The molecule has 0 spiro atoms. The van der Waals surface area contributed by atoms with E-state index in [1.165, 1.54) is 7.11 Å². The molecule has 0 bridgehead atoms. The summed E-state index contributed by atoms with van der Waals surface area (Å²) in [7, 11) is 9.45. The first kappa shape index (κ1) is 31.3. The van der Waals surface area contributed by atoms with Gasteiger partial charge in [0.25, 0.3) is 0 Å². The number of carbonyl (C=O) groups excluding carboxylic acids is 1. The zero-order valence-corrected chi connectivity index (χ0v) is 26.3. The van der Waals surface area contributed by atoms with E-state index in [-0.39, 0.29) is 12.5 Å². The summed E-state index contributed by atoms with van der Waals surface area (Å²) < 4.78 is 37.0. The minimum Gasteiger partial charge on any atom is -0.489 e. The minimum atomic E-state index is -0.348. The topological polar surface area (TPSA) is 85.9 Å². The minimum absolute atomic E-state index is 0.0548. The van der Waals surface area contributed by atoms with Gasteiger partial charge in [-0.25, -0.2) is 4.58 Å². The molecule has 0 saturated heterocycles. The molecule has 2 aliphatic heterocycles. The molecule has 2 heterocycles. The maximum absolute atomic E-state index is 12.4. The molecule has 0 N–H and O–H groups in total. The molecule has 10 heteroatoms. The Hall–Kier alpha value is -4.12. The molecule has 0 aromatic heterocycles. The van der Waals surface area contributed by atoms with E-state index < -0.39 is 0 Å². The summed E-state index contributed by atoms with van der Waals surface area (Å²) in [6.45, 7) is 3.57. The van der Waals surface area contributed by atoms with Crippen molar-refractivity contribution in [3.8, 4) is 28.2 Å². The van der Waals surface area contributed by atoms with Gasteiger partial charge < -0.3 is 37.9 Å². The van der Waals surface area contributed by atoms with E-state index in [2.05, 4.69) is 51.9 Å². The molecule has 2 aromatic carbocycles. The molecular formula is C34H42N3O7+. The second kappa shape index (κ2) is 14.6. The molecule has 44 heavy (non-hydrogen) atoms. The number of rotatable bonds is 4. The van der Waals surface area contributed by atoms with Crippen molar-refractivity contribution in [3.05, 3.63) is 60.0 Å². The predicted octanol–water partition coefficient (Wildman–Crippen LogP) is 3.72. The Bertz CT molecular complexity index is 1630. The molecule has 2 aromatic rings. The molecular weight excluding hydrogens is 562 g/mol. The zero-order valence-electron chi connectivity index (χ0n) is 26.3. The lowest BCUT2D eigenvalue weighted by atomic mass is 9.93. The molecule has 0 fully saturated rings. The normalized spacial score (nSPS) is 15.2. The van der Waals surface area contributed by atoms with E-state index in [0.29, 0.717) is 58.5 Å². The van der Waals surface area contributed by atoms with Crippen molar-refractivity contribution >= 4 is 28.3 Å². The van der Waals surface area contributed by atoms with Crippen LogP contribution in [0.15, 0.2) is 59.0 Å². The second-order valence-electron chi connectivity index (χ2n) is 11.0. The summed E-state index contributed by atoms with van der Waals surface area (Å²) in [6.07, 6.45) is 0. The number of nitrogens with zero attached hydrogens (tertiary/aromatic N) is 3. The number of fused-ring (bicyclic) bond motifs is 3. The van der Waals surface area contributed by atoms with E-state index in [9.17, 15) is 4.79 Å². The fourth-order valence-corrected chi connectivity index (χ4v) is 5.21. The number of anilines is 2. The summed E-state index contributed by atoms with van der Waals surface area (Å²) in [5.74, 6) is 1.07. The van der Waals surface area contributed by atoms with E-state index in [4.69, 9.17) is 28.1 Å². The summed E-state index contributed by atoms with van der Waals surface area (Å²) in [4.78, 5) is 16.4. The Morgan fingerprint density at radius 1 is 0.886 bits per heavy atom. The van der Waals surface area contributed by atoms with E-state index in [0.717, 1.165) is 50.2 Å². The first-order valence-corrected chi connectivity index (χ1v) is 14.9. The lowest BCUT2D eigenvalue weighted by Crippen LogP contribution is -2.34. The fourth-order valence-electron chi connectivity index (χ4n) is 5.21. The van der Waals surface area contributed by atoms with Crippen molar-refractivity contribution in [3.63, 3.8) is 0 Å². The number of hydrogen-bond donors (Lipinski definition) is 0. The Morgan fingerprint density at radius 3 is 2.32 bits per heavy atom. The van der Waals surface area contributed by atoms with Gasteiger partial charge in [-0.15, -0.1) is 0 Å². The molecule has 3 aliphatic rings. The number of benzene rings is 3. The highest BCUT2D eigenvalue weighted by Crippen LogP contribution is 2.43. The van der Waals surface area contributed by atoms with Crippen LogP contribution in [0.1, 0.15) is 0 Å². The van der Waals surface area contributed by atoms with Crippen molar-refractivity contribution in [1.29, 1.82) is 0 Å². The Morgan fingerprint density at radius 2 is 1.61 bits per heavy atom. The van der Waals surface area contributed by atoms with Crippen LogP contribution in [-0.4, -0.2) is 101 Å². The predicted molar refractivity (Wildman–Crippen MR) is 172 cm³/mol. The number of esters is 1. The van der Waals surface area contributed by atoms with Gasteiger partial charge in [-0.05, 0) is 35.9 Å². The molecule has 0 atom stereocenters. The van der Waals surface area contributed by atoms with Gasteiger partial charge in [-0.3, -0.25) is 4.79 Å². The van der Waals surface area contributed by atoms with Crippen LogP contribution < -0.4 is 24.5 Å². The summed E-state index contributed by atoms with van der Waals surface area (Å²) >= 11 is 0. The Kier molecular flexibility index (Phi) is 10.4. The molecule has 0 amide bonds. The SMILES string of the molecule is COC(=O)CN1CCOCCOCCOCCOc2cc(-c3c4ccc(=[N+](C)C)cc-4oc4cc(N(C)C)ccc34)ccc21. The van der Waals surface area contributed by atoms with E-state index >= 15 is 0 Å². The largest absolute Gasteiger partial charge is 0.489 e. The first-order valence-electron chi connectivity index (χ1n) is 14.9. The molecule has 0 saturated carbocycles. The van der Waals surface area contributed by atoms with E-state index in [1.807, 2.05) is 45.2 Å².